The zero-order valence-corrected chi connectivity index (χ0v) is 15.3. The summed E-state index contributed by atoms with van der Waals surface area (Å²) >= 11 is 0. The maximum absolute atomic E-state index is 13.1. The Balaban J connectivity index is 2.19. The van der Waals surface area contributed by atoms with Crippen molar-refractivity contribution in [3.8, 4) is 0 Å². The van der Waals surface area contributed by atoms with Crippen molar-refractivity contribution in [3.05, 3.63) is 29.3 Å². The van der Waals surface area contributed by atoms with Gasteiger partial charge in [0.05, 0.1) is 12.2 Å². The predicted octanol–water partition coefficient (Wildman–Crippen LogP) is 2.41. The van der Waals surface area contributed by atoms with Gasteiger partial charge in [0.15, 0.2) is 0 Å². The van der Waals surface area contributed by atoms with Gasteiger partial charge in [-0.05, 0) is 44.1 Å². The molecule has 2 amide bonds. The molecule has 1 aliphatic heterocycles. The zero-order valence-electron chi connectivity index (χ0n) is 15.3. The van der Waals surface area contributed by atoms with Gasteiger partial charge in [0.25, 0.3) is 5.91 Å². The van der Waals surface area contributed by atoms with Gasteiger partial charge in [-0.15, -0.1) is 0 Å². The summed E-state index contributed by atoms with van der Waals surface area (Å²) in [7, 11) is 1.58. The smallest absolute Gasteiger partial charge is 0.384 e. The van der Waals surface area contributed by atoms with E-state index in [1.165, 1.54) is 13.0 Å². The lowest BCUT2D eigenvalue weighted by molar-refractivity contribution is -0.137. The third kappa shape index (κ3) is 5.93. The number of carbonyl (C=O) groups is 2. The Morgan fingerprint density at radius 3 is 2.44 bits per heavy atom. The Bertz CT molecular complexity index is 681. The second kappa shape index (κ2) is 8.71. The van der Waals surface area contributed by atoms with E-state index in [0.29, 0.717) is 13.2 Å². The van der Waals surface area contributed by atoms with Crippen molar-refractivity contribution in [3.63, 3.8) is 0 Å². The Hall–Kier alpha value is -2.13. The molecule has 1 aliphatic rings. The summed E-state index contributed by atoms with van der Waals surface area (Å²) in [5.74, 6) is -1.14. The summed E-state index contributed by atoms with van der Waals surface area (Å²) in [5, 5.41) is 8.26. The number of ether oxygens (including phenoxy) is 1. The molecule has 1 aromatic rings. The molecule has 1 heterocycles. The molecule has 9 heteroatoms. The topological polar surface area (TPSA) is 79.5 Å². The van der Waals surface area contributed by atoms with Gasteiger partial charge < -0.3 is 20.7 Å². The molecule has 6 nitrogen and oxygen atoms in total. The molecule has 1 fully saturated rings. The first-order chi connectivity index (χ1) is 12.6. The summed E-state index contributed by atoms with van der Waals surface area (Å²) in [4.78, 5) is 23.7. The highest BCUT2D eigenvalue weighted by Gasteiger charge is 2.34. The van der Waals surface area contributed by atoms with Crippen LogP contribution in [0, 0.1) is 5.41 Å². The minimum atomic E-state index is -4.63. The summed E-state index contributed by atoms with van der Waals surface area (Å²) < 4.78 is 44.6. The van der Waals surface area contributed by atoms with Gasteiger partial charge in [0.1, 0.15) is 0 Å². The highest BCUT2D eigenvalue weighted by Crippen LogP contribution is 2.32. The predicted molar refractivity (Wildman–Crippen MR) is 94.5 cm³/mol. The molecule has 150 valence electrons. The van der Waals surface area contributed by atoms with E-state index in [1.807, 2.05) is 0 Å². The number of alkyl halides is 3. The fourth-order valence-corrected chi connectivity index (χ4v) is 3.20. The number of benzene rings is 1. The number of amides is 2. The van der Waals surface area contributed by atoms with Gasteiger partial charge in [-0.3, -0.25) is 9.59 Å². The molecule has 1 aromatic carbocycles. The SMILES string of the molecule is COCC1(CNC(=O)c2cc(NC(C)=O)cc(C(F)(F)F)c2)CCNCC1. The molecule has 0 atom stereocenters. The number of methoxy groups -OCH3 is 1. The maximum atomic E-state index is 13.1. The minimum Gasteiger partial charge on any atom is -0.384 e. The first-order valence-corrected chi connectivity index (χ1v) is 8.63. The van der Waals surface area contributed by atoms with Crippen LogP contribution in [-0.4, -0.2) is 45.2 Å². The number of halogens is 3. The molecule has 0 saturated carbocycles. The highest BCUT2D eigenvalue weighted by atomic mass is 19.4. The second-order valence-electron chi connectivity index (χ2n) is 6.84. The first-order valence-electron chi connectivity index (χ1n) is 8.63. The molecular weight excluding hydrogens is 363 g/mol. The molecule has 0 bridgehead atoms. The Morgan fingerprint density at radius 2 is 1.89 bits per heavy atom. The van der Waals surface area contributed by atoms with Gasteiger partial charge in [-0.2, -0.15) is 13.2 Å². The second-order valence-corrected chi connectivity index (χ2v) is 6.84. The van der Waals surface area contributed by atoms with Crippen molar-refractivity contribution in [2.24, 2.45) is 5.41 Å². The van der Waals surface area contributed by atoms with Crippen molar-refractivity contribution < 1.29 is 27.5 Å². The van der Waals surface area contributed by atoms with E-state index in [0.717, 1.165) is 38.1 Å². The van der Waals surface area contributed by atoms with Gasteiger partial charge in [-0.1, -0.05) is 0 Å². The van der Waals surface area contributed by atoms with E-state index in [1.54, 1.807) is 7.11 Å². The largest absolute Gasteiger partial charge is 0.416 e. The van der Waals surface area contributed by atoms with Crippen LogP contribution in [0.2, 0.25) is 0 Å². The molecule has 0 aliphatic carbocycles. The lowest BCUT2D eigenvalue weighted by atomic mass is 9.79. The monoisotopic (exact) mass is 387 g/mol. The van der Waals surface area contributed by atoms with Crippen molar-refractivity contribution >= 4 is 17.5 Å². The fourth-order valence-electron chi connectivity index (χ4n) is 3.20. The quantitative estimate of drug-likeness (QED) is 0.700. The van der Waals surface area contributed by atoms with Gasteiger partial charge >= 0.3 is 6.18 Å². The van der Waals surface area contributed by atoms with E-state index in [4.69, 9.17) is 4.74 Å². The van der Waals surface area contributed by atoms with Crippen LogP contribution in [0.4, 0.5) is 18.9 Å². The summed E-state index contributed by atoms with van der Waals surface area (Å²) in [6, 6.07) is 2.82. The van der Waals surface area contributed by atoms with Crippen molar-refractivity contribution in [1.82, 2.24) is 10.6 Å². The first kappa shape index (κ1) is 21.2. The van der Waals surface area contributed by atoms with E-state index < -0.39 is 23.6 Å². The Labute approximate surface area is 155 Å². The van der Waals surface area contributed by atoms with Crippen LogP contribution in [0.3, 0.4) is 0 Å². The van der Waals surface area contributed by atoms with Crippen molar-refractivity contribution in [2.45, 2.75) is 25.9 Å². The molecule has 0 aromatic heterocycles. The van der Waals surface area contributed by atoms with Crippen LogP contribution in [0.15, 0.2) is 18.2 Å². The number of hydrogen-bond acceptors (Lipinski definition) is 4. The van der Waals surface area contributed by atoms with E-state index >= 15 is 0 Å². The van der Waals surface area contributed by atoms with Gasteiger partial charge in [-0.25, -0.2) is 0 Å². The van der Waals surface area contributed by atoms with Crippen LogP contribution in [0.25, 0.3) is 0 Å². The van der Waals surface area contributed by atoms with Crippen LogP contribution in [0.5, 0.6) is 0 Å². The normalized spacial score (nSPS) is 16.6. The molecule has 0 unspecified atom stereocenters. The van der Waals surface area contributed by atoms with Gasteiger partial charge in [0, 0.05) is 37.2 Å². The summed E-state index contributed by atoms with van der Waals surface area (Å²) in [6.07, 6.45) is -3.04. The van der Waals surface area contributed by atoms with Crippen molar-refractivity contribution in [1.29, 1.82) is 0 Å². The molecule has 1 saturated heterocycles. The number of piperidine rings is 1. The molecule has 0 spiro atoms. The third-order valence-electron chi connectivity index (χ3n) is 4.58. The van der Waals surface area contributed by atoms with E-state index in [9.17, 15) is 22.8 Å². The van der Waals surface area contributed by atoms with Crippen LogP contribution in [-0.2, 0) is 15.7 Å². The van der Waals surface area contributed by atoms with Crippen LogP contribution < -0.4 is 16.0 Å². The van der Waals surface area contributed by atoms with Crippen LogP contribution >= 0.6 is 0 Å². The zero-order chi connectivity index (χ0) is 20.1. The summed E-state index contributed by atoms with van der Waals surface area (Å²) in [5.41, 5.74) is -1.48. The average molecular weight is 387 g/mol. The summed E-state index contributed by atoms with van der Waals surface area (Å²) in [6.45, 7) is 3.51. The third-order valence-corrected chi connectivity index (χ3v) is 4.58. The number of anilines is 1. The van der Waals surface area contributed by atoms with E-state index in [2.05, 4.69) is 16.0 Å². The lowest BCUT2D eigenvalue weighted by Gasteiger charge is -2.37. The number of carbonyl (C=O) groups excluding carboxylic acids is 2. The molecule has 0 radical (unpaired) electrons. The van der Waals surface area contributed by atoms with Crippen molar-refractivity contribution in [2.75, 3.05) is 38.7 Å². The number of hydrogen-bond donors (Lipinski definition) is 3. The Kier molecular flexibility index (Phi) is 6.83. The van der Waals surface area contributed by atoms with E-state index in [-0.39, 0.29) is 16.7 Å². The number of nitrogens with one attached hydrogen (secondary N) is 3. The molecule has 3 N–H and O–H groups in total. The highest BCUT2D eigenvalue weighted by molar-refractivity contribution is 5.97. The molecular formula is C18H24F3N3O3. The Morgan fingerprint density at radius 1 is 1.22 bits per heavy atom. The molecule has 2 rings (SSSR count). The fraction of sp³-hybridized carbons (Fsp3) is 0.556. The lowest BCUT2D eigenvalue weighted by Crippen LogP contribution is -2.47. The van der Waals surface area contributed by atoms with Gasteiger partial charge in [0.2, 0.25) is 5.91 Å². The minimum absolute atomic E-state index is 0.0732. The molecule has 27 heavy (non-hydrogen) atoms. The average Bonchev–Trinajstić information content (AvgIpc) is 2.59. The standard InChI is InChI=1S/C18H24F3N3O3/c1-12(25)24-15-8-13(7-14(9-15)18(19,20)21)16(26)23-10-17(11-27-2)3-5-22-6-4-17/h7-9,22H,3-6,10-11H2,1-2H3,(H,23,26)(H,24,25). The maximum Gasteiger partial charge on any atom is 0.416 e. The van der Waals surface area contributed by atoms with Crippen LogP contribution in [0.1, 0.15) is 35.7 Å². The number of rotatable bonds is 6.